The van der Waals surface area contributed by atoms with Gasteiger partial charge in [0.2, 0.25) is 0 Å². The molecular formula is C16H19BrN2. The largest absolute Gasteiger partial charge is 0.305 e. The highest BCUT2D eigenvalue weighted by molar-refractivity contribution is 9.10. The Morgan fingerprint density at radius 3 is 2.74 bits per heavy atom. The summed E-state index contributed by atoms with van der Waals surface area (Å²) in [6.07, 6.45) is 0. The van der Waals surface area contributed by atoms with Crippen LogP contribution in [0.2, 0.25) is 0 Å². The van der Waals surface area contributed by atoms with Gasteiger partial charge in [-0.25, -0.2) is 4.98 Å². The molecule has 1 aromatic heterocycles. The predicted octanol–water partition coefficient (Wildman–Crippen LogP) is 4.31. The molecule has 0 aliphatic heterocycles. The van der Waals surface area contributed by atoms with Crippen LogP contribution in [0.5, 0.6) is 0 Å². The molecule has 0 fully saturated rings. The average Bonchev–Trinajstić information content (AvgIpc) is 2.39. The zero-order valence-electron chi connectivity index (χ0n) is 11.6. The standard InChI is InChI=1S/C16H19BrN2/c1-11-7-8-12(2)15(9-11)13(3)18-10-14-5-4-6-16(17)19-14/h4-9,13,18H,10H2,1-3H3. The molecule has 0 saturated carbocycles. The fourth-order valence-electron chi connectivity index (χ4n) is 2.14. The Morgan fingerprint density at radius 2 is 2.00 bits per heavy atom. The van der Waals surface area contributed by atoms with Gasteiger partial charge >= 0.3 is 0 Å². The summed E-state index contributed by atoms with van der Waals surface area (Å²) in [5.74, 6) is 0. The summed E-state index contributed by atoms with van der Waals surface area (Å²) in [7, 11) is 0. The zero-order valence-corrected chi connectivity index (χ0v) is 13.2. The Bertz CT molecular complexity index is 566. The molecule has 0 amide bonds. The Labute approximate surface area is 123 Å². The minimum absolute atomic E-state index is 0.320. The third-order valence-electron chi connectivity index (χ3n) is 3.26. The van der Waals surface area contributed by atoms with E-state index in [2.05, 4.69) is 65.2 Å². The number of nitrogens with one attached hydrogen (secondary N) is 1. The first-order chi connectivity index (χ1) is 9.06. The molecule has 0 spiro atoms. The van der Waals surface area contributed by atoms with Crippen LogP contribution in [-0.4, -0.2) is 4.98 Å². The Hall–Kier alpha value is -1.19. The van der Waals surface area contributed by atoms with Crippen molar-refractivity contribution in [3.05, 3.63) is 63.4 Å². The Kier molecular flexibility index (Phi) is 4.72. The summed E-state index contributed by atoms with van der Waals surface area (Å²) in [6, 6.07) is 12.9. The van der Waals surface area contributed by atoms with Crippen LogP contribution in [0.3, 0.4) is 0 Å². The molecule has 0 aliphatic rings. The molecule has 0 saturated heterocycles. The van der Waals surface area contributed by atoms with Gasteiger partial charge < -0.3 is 5.32 Å². The third-order valence-corrected chi connectivity index (χ3v) is 3.71. The van der Waals surface area contributed by atoms with Gasteiger partial charge in [-0.2, -0.15) is 0 Å². The van der Waals surface area contributed by atoms with Crippen molar-refractivity contribution >= 4 is 15.9 Å². The van der Waals surface area contributed by atoms with Crippen LogP contribution in [0.25, 0.3) is 0 Å². The molecule has 1 atom stereocenters. The second-order valence-corrected chi connectivity index (χ2v) is 5.73. The molecule has 1 N–H and O–H groups in total. The van der Waals surface area contributed by atoms with E-state index in [1.54, 1.807) is 0 Å². The first-order valence-electron chi connectivity index (χ1n) is 6.48. The predicted molar refractivity (Wildman–Crippen MR) is 83.1 cm³/mol. The SMILES string of the molecule is Cc1ccc(C)c(C(C)NCc2cccc(Br)n2)c1. The van der Waals surface area contributed by atoms with E-state index in [1.807, 2.05) is 18.2 Å². The molecular weight excluding hydrogens is 300 g/mol. The number of rotatable bonds is 4. The fraction of sp³-hybridized carbons (Fsp3) is 0.312. The number of aromatic nitrogens is 1. The van der Waals surface area contributed by atoms with E-state index in [0.29, 0.717) is 6.04 Å². The van der Waals surface area contributed by atoms with Gasteiger partial charge in [-0.1, -0.05) is 29.8 Å². The maximum atomic E-state index is 4.43. The van der Waals surface area contributed by atoms with Crippen LogP contribution in [0.1, 0.15) is 35.3 Å². The minimum Gasteiger partial charge on any atom is -0.305 e. The van der Waals surface area contributed by atoms with Crippen LogP contribution in [0.15, 0.2) is 41.0 Å². The molecule has 0 aliphatic carbocycles. The van der Waals surface area contributed by atoms with Crippen molar-refractivity contribution in [1.82, 2.24) is 10.3 Å². The van der Waals surface area contributed by atoms with Gasteiger partial charge in [0.1, 0.15) is 4.60 Å². The topological polar surface area (TPSA) is 24.9 Å². The lowest BCUT2D eigenvalue weighted by molar-refractivity contribution is 0.564. The van der Waals surface area contributed by atoms with E-state index in [4.69, 9.17) is 0 Å². The highest BCUT2D eigenvalue weighted by atomic mass is 79.9. The van der Waals surface area contributed by atoms with E-state index >= 15 is 0 Å². The molecule has 0 radical (unpaired) electrons. The first kappa shape index (κ1) is 14.2. The van der Waals surface area contributed by atoms with Crippen molar-refractivity contribution in [2.24, 2.45) is 0 Å². The van der Waals surface area contributed by atoms with Crippen LogP contribution in [-0.2, 0) is 6.54 Å². The molecule has 0 bridgehead atoms. The van der Waals surface area contributed by atoms with Crippen LogP contribution in [0.4, 0.5) is 0 Å². The van der Waals surface area contributed by atoms with Gasteiger partial charge in [0.15, 0.2) is 0 Å². The summed E-state index contributed by atoms with van der Waals surface area (Å²) in [5, 5.41) is 3.53. The summed E-state index contributed by atoms with van der Waals surface area (Å²) in [6.45, 7) is 7.25. The van der Waals surface area contributed by atoms with E-state index in [9.17, 15) is 0 Å². The smallest absolute Gasteiger partial charge is 0.106 e. The Morgan fingerprint density at radius 1 is 1.21 bits per heavy atom. The molecule has 1 unspecified atom stereocenters. The lowest BCUT2D eigenvalue weighted by Crippen LogP contribution is -2.19. The average molecular weight is 319 g/mol. The molecule has 2 aromatic rings. The van der Waals surface area contributed by atoms with E-state index < -0.39 is 0 Å². The lowest BCUT2D eigenvalue weighted by Gasteiger charge is -2.17. The monoisotopic (exact) mass is 318 g/mol. The van der Waals surface area contributed by atoms with Crippen LogP contribution in [0, 0.1) is 13.8 Å². The quantitative estimate of drug-likeness (QED) is 0.849. The molecule has 19 heavy (non-hydrogen) atoms. The van der Waals surface area contributed by atoms with E-state index in [-0.39, 0.29) is 0 Å². The fourth-order valence-corrected chi connectivity index (χ4v) is 2.52. The van der Waals surface area contributed by atoms with Gasteiger partial charge in [-0.15, -0.1) is 0 Å². The second kappa shape index (κ2) is 6.31. The number of nitrogens with zero attached hydrogens (tertiary/aromatic N) is 1. The van der Waals surface area contributed by atoms with Crippen molar-refractivity contribution in [1.29, 1.82) is 0 Å². The maximum Gasteiger partial charge on any atom is 0.106 e. The van der Waals surface area contributed by atoms with E-state index in [1.165, 1.54) is 16.7 Å². The van der Waals surface area contributed by atoms with Crippen molar-refractivity contribution < 1.29 is 0 Å². The summed E-state index contributed by atoms with van der Waals surface area (Å²) in [4.78, 5) is 4.43. The number of hydrogen-bond donors (Lipinski definition) is 1. The highest BCUT2D eigenvalue weighted by Gasteiger charge is 2.08. The van der Waals surface area contributed by atoms with Crippen molar-refractivity contribution in [3.8, 4) is 0 Å². The van der Waals surface area contributed by atoms with Gasteiger partial charge in [0.05, 0.1) is 5.69 Å². The van der Waals surface area contributed by atoms with Crippen LogP contribution < -0.4 is 5.32 Å². The number of halogens is 1. The zero-order chi connectivity index (χ0) is 13.8. The van der Waals surface area contributed by atoms with E-state index in [0.717, 1.165) is 16.8 Å². The summed E-state index contributed by atoms with van der Waals surface area (Å²) in [5.41, 5.74) is 5.03. The van der Waals surface area contributed by atoms with Crippen molar-refractivity contribution in [2.75, 3.05) is 0 Å². The van der Waals surface area contributed by atoms with Gasteiger partial charge in [0.25, 0.3) is 0 Å². The second-order valence-electron chi connectivity index (χ2n) is 4.91. The third kappa shape index (κ3) is 3.88. The lowest BCUT2D eigenvalue weighted by atomic mass is 10.00. The van der Waals surface area contributed by atoms with Crippen molar-refractivity contribution in [2.45, 2.75) is 33.4 Å². The normalized spacial score (nSPS) is 12.4. The minimum atomic E-state index is 0.320. The molecule has 2 rings (SSSR count). The summed E-state index contributed by atoms with van der Waals surface area (Å²) < 4.78 is 0.881. The number of benzene rings is 1. The molecule has 1 heterocycles. The number of hydrogen-bond acceptors (Lipinski definition) is 2. The van der Waals surface area contributed by atoms with Gasteiger partial charge in [0, 0.05) is 12.6 Å². The molecule has 1 aromatic carbocycles. The molecule has 2 nitrogen and oxygen atoms in total. The van der Waals surface area contributed by atoms with Crippen molar-refractivity contribution in [3.63, 3.8) is 0 Å². The molecule has 100 valence electrons. The Balaban J connectivity index is 2.05. The first-order valence-corrected chi connectivity index (χ1v) is 7.27. The van der Waals surface area contributed by atoms with Crippen LogP contribution >= 0.6 is 15.9 Å². The maximum absolute atomic E-state index is 4.43. The number of aryl methyl sites for hydroxylation is 2. The van der Waals surface area contributed by atoms with Gasteiger partial charge in [-0.3, -0.25) is 0 Å². The molecule has 3 heteroatoms. The number of pyridine rings is 1. The van der Waals surface area contributed by atoms with Gasteiger partial charge in [-0.05, 0) is 60.0 Å². The highest BCUT2D eigenvalue weighted by Crippen LogP contribution is 2.19. The summed E-state index contributed by atoms with van der Waals surface area (Å²) >= 11 is 3.40.